The minimum Gasteiger partial charge on any atom is -0.481 e. The van der Waals surface area contributed by atoms with Crippen LogP contribution >= 0.6 is 7.37 Å². The summed E-state index contributed by atoms with van der Waals surface area (Å²) in [4.78, 5) is 57.0. The number of rotatable bonds is 8. The normalized spacial score (nSPS) is 23.0. The SMILES string of the molecule is O=C(O)CCC(CP(=O)(O)CN1C(=O)C2=CC=CCC2C1=O)C(=O)O. The third kappa shape index (κ3) is 4.43. The topological polar surface area (TPSA) is 149 Å². The molecule has 25 heavy (non-hydrogen) atoms. The van der Waals surface area contributed by atoms with Crippen LogP contribution in [0.3, 0.4) is 0 Å². The summed E-state index contributed by atoms with van der Waals surface area (Å²) in [5.74, 6) is -5.84. The molecule has 0 bridgehead atoms. The summed E-state index contributed by atoms with van der Waals surface area (Å²) in [6.07, 6.45) is 2.93. The van der Waals surface area contributed by atoms with E-state index in [0.29, 0.717) is 11.3 Å². The summed E-state index contributed by atoms with van der Waals surface area (Å²) >= 11 is 0. The zero-order valence-electron chi connectivity index (χ0n) is 13.2. The molecule has 9 nitrogen and oxygen atoms in total. The zero-order valence-corrected chi connectivity index (χ0v) is 14.1. The molecule has 1 aliphatic carbocycles. The van der Waals surface area contributed by atoms with Gasteiger partial charge in [-0.15, -0.1) is 0 Å². The lowest BCUT2D eigenvalue weighted by Gasteiger charge is -2.21. The maximum Gasteiger partial charge on any atom is 0.307 e. The molecule has 1 aliphatic heterocycles. The number of fused-ring (bicyclic) bond motifs is 1. The van der Waals surface area contributed by atoms with Gasteiger partial charge in [-0.25, -0.2) is 0 Å². The Labute approximate surface area is 143 Å². The largest absolute Gasteiger partial charge is 0.481 e. The predicted molar refractivity (Wildman–Crippen MR) is 84.7 cm³/mol. The van der Waals surface area contributed by atoms with Gasteiger partial charge in [0.2, 0.25) is 13.3 Å². The molecule has 3 N–H and O–H groups in total. The van der Waals surface area contributed by atoms with Gasteiger partial charge in [0.15, 0.2) is 0 Å². The van der Waals surface area contributed by atoms with E-state index < -0.39 is 61.8 Å². The second-order valence-corrected chi connectivity index (χ2v) is 8.39. The van der Waals surface area contributed by atoms with Crippen molar-refractivity contribution in [1.82, 2.24) is 4.90 Å². The Morgan fingerprint density at radius 1 is 1.32 bits per heavy atom. The Balaban J connectivity index is 2.08. The number of hydrogen-bond acceptors (Lipinski definition) is 5. The van der Waals surface area contributed by atoms with Crippen LogP contribution in [0.2, 0.25) is 0 Å². The number of carboxylic acids is 2. The number of aliphatic carboxylic acids is 2. The highest BCUT2D eigenvalue weighted by Gasteiger charge is 2.45. The Kier molecular flexibility index (Phi) is 5.59. The quantitative estimate of drug-likeness (QED) is 0.416. The number of carboxylic acid groups (broad SMARTS) is 2. The number of imide groups is 1. The zero-order chi connectivity index (χ0) is 18.8. The van der Waals surface area contributed by atoms with E-state index in [2.05, 4.69) is 0 Å². The highest BCUT2D eigenvalue weighted by Crippen LogP contribution is 2.46. The molecular weight excluding hydrogens is 353 g/mol. The van der Waals surface area contributed by atoms with Crippen LogP contribution in [0, 0.1) is 11.8 Å². The van der Waals surface area contributed by atoms with Crippen molar-refractivity contribution in [2.45, 2.75) is 19.3 Å². The molecule has 0 aromatic rings. The van der Waals surface area contributed by atoms with Gasteiger partial charge >= 0.3 is 11.9 Å². The summed E-state index contributed by atoms with van der Waals surface area (Å²) in [5, 5.41) is 17.7. The van der Waals surface area contributed by atoms with Crippen LogP contribution in [0.5, 0.6) is 0 Å². The van der Waals surface area contributed by atoms with Gasteiger partial charge in [0.1, 0.15) is 6.29 Å². The van der Waals surface area contributed by atoms with E-state index in [1.165, 1.54) is 6.08 Å². The summed E-state index contributed by atoms with van der Waals surface area (Å²) in [6, 6.07) is 0. The predicted octanol–water partition coefficient (Wildman–Crippen LogP) is 0.651. The number of carbonyl (C=O) groups excluding carboxylic acids is 2. The molecule has 0 aromatic carbocycles. The van der Waals surface area contributed by atoms with Crippen LogP contribution in [-0.4, -0.2) is 56.2 Å². The van der Waals surface area contributed by atoms with Gasteiger partial charge in [-0.1, -0.05) is 18.2 Å². The number of carbonyl (C=O) groups is 4. The number of amides is 2. The highest BCUT2D eigenvalue weighted by atomic mass is 31.2. The molecular formula is C15H18NO8P. The Morgan fingerprint density at radius 3 is 2.56 bits per heavy atom. The molecule has 1 heterocycles. The molecule has 2 rings (SSSR count). The van der Waals surface area contributed by atoms with E-state index in [-0.39, 0.29) is 12.0 Å². The van der Waals surface area contributed by atoms with Gasteiger partial charge in [-0.2, -0.15) is 0 Å². The molecule has 1 fully saturated rings. The number of nitrogens with zero attached hydrogens (tertiary/aromatic N) is 1. The lowest BCUT2D eigenvalue weighted by molar-refractivity contribution is -0.142. The van der Waals surface area contributed by atoms with Crippen LogP contribution in [0.25, 0.3) is 0 Å². The Hall–Kier alpha value is -2.25. The lowest BCUT2D eigenvalue weighted by atomic mass is 9.94. The fourth-order valence-corrected chi connectivity index (χ4v) is 4.73. The van der Waals surface area contributed by atoms with Crippen molar-refractivity contribution in [2.24, 2.45) is 11.8 Å². The van der Waals surface area contributed by atoms with Crippen LogP contribution in [-0.2, 0) is 23.7 Å². The van der Waals surface area contributed by atoms with Crippen molar-refractivity contribution < 1.29 is 38.8 Å². The Morgan fingerprint density at radius 2 is 2.00 bits per heavy atom. The van der Waals surface area contributed by atoms with Gasteiger partial charge in [0.05, 0.1) is 11.8 Å². The van der Waals surface area contributed by atoms with E-state index in [4.69, 9.17) is 10.2 Å². The van der Waals surface area contributed by atoms with Gasteiger partial charge in [0, 0.05) is 18.2 Å². The summed E-state index contributed by atoms with van der Waals surface area (Å²) in [6.45, 7) is 0. The average Bonchev–Trinajstić information content (AvgIpc) is 2.76. The number of hydrogen-bond donors (Lipinski definition) is 3. The van der Waals surface area contributed by atoms with Crippen LogP contribution in [0.15, 0.2) is 23.8 Å². The van der Waals surface area contributed by atoms with Crippen molar-refractivity contribution in [3.63, 3.8) is 0 Å². The molecule has 3 unspecified atom stereocenters. The summed E-state index contributed by atoms with van der Waals surface area (Å²) in [7, 11) is -4.18. The van der Waals surface area contributed by atoms with Gasteiger partial charge in [0.25, 0.3) is 5.91 Å². The van der Waals surface area contributed by atoms with Crippen molar-refractivity contribution in [2.75, 3.05) is 12.4 Å². The van der Waals surface area contributed by atoms with Crippen LogP contribution < -0.4 is 0 Å². The first-order valence-corrected chi connectivity index (χ1v) is 9.63. The maximum atomic E-state index is 12.4. The van der Waals surface area contributed by atoms with E-state index in [1.807, 2.05) is 0 Å². The van der Waals surface area contributed by atoms with Crippen molar-refractivity contribution in [1.29, 1.82) is 0 Å². The molecule has 10 heteroatoms. The standard InChI is InChI=1S/C15H18NO8P/c17-12(18)6-5-9(15(21)22)7-25(23,24)8-16-13(19)10-3-1-2-4-11(10)14(16)20/h1-3,9,11H,4-8H2,(H,17,18)(H,21,22)(H,23,24). The number of likely N-dealkylation sites (tertiary alicyclic amines) is 1. The fraction of sp³-hybridized carbons (Fsp3) is 0.467. The summed E-state index contributed by atoms with van der Waals surface area (Å²) < 4.78 is 12.4. The fourth-order valence-electron chi connectivity index (χ4n) is 2.88. The van der Waals surface area contributed by atoms with Crippen molar-refractivity contribution >= 4 is 31.1 Å². The van der Waals surface area contributed by atoms with Gasteiger partial charge in [-0.3, -0.25) is 28.6 Å². The van der Waals surface area contributed by atoms with Crippen molar-refractivity contribution in [3.8, 4) is 0 Å². The molecule has 1 saturated heterocycles. The third-order valence-electron chi connectivity index (χ3n) is 4.14. The molecule has 2 amide bonds. The first kappa shape index (κ1) is 19.1. The van der Waals surface area contributed by atoms with E-state index >= 15 is 0 Å². The molecule has 0 saturated carbocycles. The van der Waals surface area contributed by atoms with Crippen LogP contribution in [0.4, 0.5) is 0 Å². The van der Waals surface area contributed by atoms with Crippen molar-refractivity contribution in [3.05, 3.63) is 23.8 Å². The van der Waals surface area contributed by atoms with E-state index in [0.717, 1.165) is 0 Å². The van der Waals surface area contributed by atoms with Gasteiger partial charge < -0.3 is 15.1 Å². The Bertz CT molecular complexity index is 725. The maximum absolute atomic E-state index is 12.4. The first-order chi connectivity index (χ1) is 11.6. The minimum absolute atomic E-state index is 0.258. The molecule has 0 radical (unpaired) electrons. The molecule has 136 valence electrons. The third-order valence-corrected chi connectivity index (χ3v) is 5.88. The molecule has 3 atom stereocenters. The first-order valence-electron chi connectivity index (χ1n) is 7.60. The minimum atomic E-state index is -4.18. The lowest BCUT2D eigenvalue weighted by Crippen LogP contribution is -2.33. The molecule has 2 aliphatic rings. The second-order valence-electron chi connectivity index (χ2n) is 6.05. The average molecular weight is 371 g/mol. The van der Waals surface area contributed by atoms with E-state index in [1.54, 1.807) is 12.2 Å². The molecule has 0 spiro atoms. The van der Waals surface area contributed by atoms with E-state index in [9.17, 15) is 28.6 Å². The summed E-state index contributed by atoms with van der Waals surface area (Å²) in [5.41, 5.74) is 0.258. The second kappa shape index (κ2) is 7.33. The van der Waals surface area contributed by atoms with Crippen LogP contribution in [0.1, 0.15) is 19.3 Å². The highest BCUT2D eigenvalue weighted by molar-refractivity contribution is 7.58. The monoisotopic (exact) mass is 371 g/mol. The van der Waals surface area contributed by atoms with Gasteiger partial charge in [-0.05, 0) is 12.8 Å². The molecule has 0 aromatic heterocycles. The number of allylic oxidation sites excluding steroid dienone is 3. The smallest absolute Gasteiger partial charge is 0.307 e.